The SMILES string of the molecule is CC#CC(CC)OC(=O)/C=C/C(=O)OCCCCC. The summed E-state index contributed by atoms with van der Waals surface area (Å²) < 4.78 is 9.94. The number of carbonyl (C=O) groups is 2. The van der Waals surface area contributed by atoms with E-state index in [-0.39, 0.29) is 0 Å². The molecule has 0 saturated carbocycles. The van der Waals surface area contributed by atoms with E-state index in [1.54, 1.807) is 6.92 Å². The molecular formula is C15H22O4. The first-order valence-corrected chi connectivity index (χ1v) is 6.61. The molecule has 0 aromatic carbocycles. The highest BCUT2D eigenvalue weighted by atomic mass is 16.5. The summed E-state index contributed by atoms with van der Waals surface area (Å²) in [5.74, 6) is 4.33. The van der Waals surface area contributed by atoms with Crippen molar-refractivity contribution in [3.8, 4) is 11.8 Å². The van der Waals surface area contributed by atoms with E-state index in [0.29, 0.717) is 13.0 Å². The Morgan fingerprint density at radius 3 is 2.42 bits per heavy atom. The number of carbonyl (C=O) groups excluding carboxylic acids is 2. The molecule has 0 aliphatic heterocycles. The van der Waals surface area contributed by atoms with Gasteiger partial charge >= 0.3 is 11.9 Å². The van der Waals surface area contributed by atoms with Gasteiger partial charge in [0.25, 0.3) is 0 Å². The first-order chi connectivity index (χ1) is 9.13. The van der Waals surface area contributed by atoms with Crippen LogP contribution >= 0.6 is 0 Å². The number of esters is 2. The third kappa shape index (κ3) is 9.90. The van der Waals surface area contributed by atoms with Gasteiger partial charge in [-0.2, -0.15) is 0 Å². The molecule has 0 heterocycles. The quantitative estimate of drug-likeness (QED) is 0.293. The van der Waals surface area contributed by atoms with Gasteiger partial charge < -0.3 is 9.47 Å². The number of rotatable bonds is 8. The van der Waals surface area contributed by atoms with Crippen LogP contribution in [0.1, 0.15) is 46.5 Å². The molecule has 0 aromatic rings. The Morgan fingerprint density at radius 1 is 1.16 bits per heavy atom. The Morgan fingerprint density at radius 2 is 1.84 bits per heavy atom. The fourth-order valence-corrected chi connectivity index (χ4v) is 1.26. The molecule has 4 heteroatoms. The van der Waals surface area contributed by atoms with Crippen molar-refractivity contribution >= 4 is 11.9 Å². The number of hydrogen-bond donors (Lipinski definition) is 0. The van der Waals surface area contributed by atoms with Crippen molar-refractivity contribution in [1.82, 2.24) is 0 Å². The van der Waals surface area contributed by atoms with Crippen LogP contribution in [0.4, 0.5) is 0 Å². The minimum atomic E-state index is -0.583. The second-order valence-corrected chi connectivity index (χ2v) is 3.94. The van der Waals surface area contributed by atoms with E-state index in [4.69, 9.17) is 9.47 Å². The standard InChI is InChI=1S/C15H22O4/c1-4-7-8-12-18-14(16)10-11-15(17)19-13(6-3)9-5-2/h10-11,13H,4,6-8,12H2,1-3H3/b11-10+. The molecule has 1 atom stereocenters. The molecule has 0 aliphatic rings. The molecule has 106 valence electrons. The summed E-state index contributed by atoms with van der Waals surface area (Å²) in [6.45, 7) is 6.00. The van der Waals surface area contributed by atoms with E-state index < -0.39 is 18.0 Å². The van der Waals surface area contributed by atoms with E-state index in [0.717, 1.165) is 31.4 Å². The van der Waals surface area contributed by atoms with Gasteiger partial charge in [-0.3, -0.25) is 0 Å². The van der Waals surface area contributed by atoms with Crippen molar-refractivity contribution in [1.29, 1.82) is 0 Å². The molecule has 0 aliphatic carbocycles. The van der Waals surface area contributed by atoms with Gasteiger partial charge in [0.2, 0.25) is 0 Å². The molecule has 0 bridgehead atoms. The fraction of sp³-hybridized carbons (Fsp3) is 0.600. The van der Waals surface area contributed by atoms with Gasteiger partial charge in [-0.05, 0) is 19.8 Å². The second-order valence-electron chi connectivity index (χ2n) is 3.94. The number of unbranched alkanes of at least 4 members (excludes halogenated alkanes) is 2. The van der Waals surface area contributed by atoms with Crippen LogP contribution in [0.5, 0.6) is 0 Å². The Bertz CT molecular complexity index is 360. The average molecular weight is 266 g/mol. The highest BCUT2D eigenvalue weighted by Gasteiger charge is 2.07. The third-order valence-corrected chi connectivity index (χ3v) is 2.28. The van der Waals surface area contributed by atoms with Crippen LogP contribution in [-0.2, 0) is 19.1 Å². The molecule has 19 heavy (non-hydrogen) atoms. The van der Waals surface area contributed by atoms with E-state index in [9.17, 15) is 9.59 Å². The lowest BCUT2D eigenvalue weighted by molar-refractivity contribution is -0.142. The maximum absolute atomic E-state index is 11.4. The fourth-order valence-electron chi connectivity index (χ4n) is 1.26. The zero-order chi connectivity index (χ0) is 14.5. The first kappa shape index (κ1) is 17.2. The topological polar surface area (TPSA) is 52.6 Å². The minimum absolute atomic E-state index is 0.380. The molecule has 0 saturated heterocycles. The summed E-state index contributed by atoms with van der Waals surface area (Å²) in [6.07, 6.45) is 5.26. The smallest absolute Gasteiger partial charge is 0.332 e. The van der Waals surface area contributed by atoms with Crippen molar-refractivity contribution < 1.29 is 19.1 Å². The summed E-state index contributed by atoms with van der Waals surface area (Å²) in [6, 6.07) is 0. The Kier molecular flexibility index (Phi) is 10.3. The van der Waals surface area contributed by atoms with Crippen LogP contribution in [0.15, 0.2) is 12.2 Å². The summed E-state index contributed by atoms with van der Waals surface area (Å²) >= 11 is 0. The molecular weight excluding hydrogens is 244 g/mol. The second kappa shape index (κ2) is 11.3. The first-order valence-electron chi connectivity index (χ1n) is 6.61. The van der Waals surface area contributed by atoms with Gasteiger partial charge in [0, 0.05) is 12.2 Å². The molecule has 0 fully saturated rings. The van der Waals surface area contributed by atoms with Gasteiger partial charge in [0.1, 0.15) is 0 Å². The lowest BCUT2D eigenvalue weighted by atomic mass is 10.3. The van der Waals surface area contributed by atoms with Crippen LogP contribution in [-0.4, -0.2) is 24.6 Å². The minimum Gasteiger partial charge on any atom is -0.463 e. The largest absolute Gasteiger partial charge is 0.463 e. The van der Waals surface area contributed by atoms with Crippen molar-refractivity contribution in [2.24, 2.45) is 0 Å². The van der Waals surface area contributed by atoms with Crippen LogP contribution in [0, 0.1) is 11.8 Å². The summed E-state index contributed by atoms with van der Waals surface area (Å²) in [7, 11) is 0. The van der Waals surface area contributed by atoms with Gasteiger partial charge in [-0.15, -0.1) is 5.92 Å². The summed E-state index contributed by atoms with van der Waals surface area (Å²) in [5, 5.41) is 0. The Labute approximate surface area is 115 Å². The van der Waals surface area contributed by atoms with E-state index in [1.807, 2.05) is 6.92 Å². The maximum Gasteiger partial charge on any atom is 0.332 e. The van der Waals surface area contributed by atoms with Crippen molar-refractivity contribution in [3.05, 3.63) is 12.2 Å². The normalized spacial score (nSPS) is 11.5. The number of hydrogen-bond acceptors (Lipinski definition) is 4. The van der Waals surface area contributed by atoms with Gasteiger partial charge in [0.15, 0.2) is 6.10 Å². The van der Waals surface area contributed by atoms with Crippen LogP contribution in [0.2, 0.25) is 0 Å². The van der Waals surface area contributed by atoms with Crippen molar-refractivity contribution in [2.45, 2.75) is 52.6 Å². The molecule has 1 unspecified atom stereocenters. The van der Waals surface area contributed by atoms with Crippen molar-refractivity contribution in [2.75, 3.05) is 6.61 Å². The predicted molar refractivity (Wildman–Crippen MR) is 73.2 cm³/mol. The van der Waals surface area contributed by atoms with Crippen LogP contribution in [0.25, 0.3) is 0 Å². The summed E-state index contributed by atoms with van der Waals surface area (Å²) in [4.78, 5) is 22.6. The monoisotopic (exact) mass is 266 g/mol. The zero-order valence-electron chi connectivity index (χ0n) is 11.9. The van der Waals surface area contributed by atoms with Gasteiger partial charge in [-0.25, -0.2) is 9.59 Å². The van der Waals surface area contributed by atoms with E-state index in [1.165, 1.54) is 0 Å². The average Bonchev–Trinajstić information content (AvgIpc) is 2.41. The highest BCUT2D eigenvalue weighted by molar-refractivity contribution is 5.91. The van der Waals surface area contributed by atoms with Crippen molar-refractivity contribution in [3.63, 3.8) is 0 Å². The molecule has 0 amide bonds. The Hall–Kier alpha value is -1.76. The molecule has 0 aromatic heterocycles. The maximum atomic E-state index is 11.4. The van der Waals surface area contributed by atoms with Gasteiger partial charge in [-0.1, -0.05) is 32.6 Å². The highest BCUT2D eigenvalue weighted by Crippen LogP contribution is 1.98. The lowest BCUT2D eigenvalue weighted by Crippen LogP contribution is -2.14. The molecule has 4 nitrogen and oxygen atoms in total. The molecule has 0 spiro atoms. The van der Waals surface area contributed by atoms with Crippen LogP contribution < -0.4 is 0 Å². The summed E-state index contributed by atoms with van der Waals surface area (Å²) in [5.41, 5.74) is 0. The van der Waals surface area contributed by atoms with Crippen LogP contribution in [0.3, 0.4) is 0 Å². The molecule has 0 rings (SSSR count). The third-order valence-electron chi connectivity index (χ3n) is 2.28. The lowest BCUT2D eigenvalue weighted by Gasteiger charge is -2.07. The molecule has 0 N–H and O–H groups in total. The zero-order valence-corrected chi connectivity index (χ0v) is 11.9. The molecule has 0 radical (unpaired) electrons. The Balaban J connectivity index is 3.98. The predicted octanol–water partition coefficient (Wildman–Crippen LogP) is 2.62. The van der Waals surface area contributed by atoms with Gasteiger partial charge in [0.05, 0.1) is 6.61 Å². The van der Waals surface area contributed by atoms with E-state index >= 15 is 0 Å². The van der Waals surface area contributed by atoms with E-state index in [2.05, 4.69) is 18.8 Å². The number of ether oxygens (including phenoxy) is 2.